The minimum Gasteiger partial charge on any atom is -0.494 e. The van der Waals surface area contributed by atoms with Crippen LogP contribution in [0.4, 0.5) is 5.69 Å². The minimum absolute atomic E-state index is 0.150. The van der Waals surface area contributed by atoms with Crippen molar-refractivity contribution in [3.8, 4) is 27.6 Å². The Morgan fingerprint density at radius 1 is 0.938 bits per heavy atom. The fourth-order valence-corrected chi connectivity index (χ4v) is 4.16. The Morgan fingerprint density at radius 2 is 1.72 bits per heavy atom. The van der Waals surface area contributed by atoms with Crippen molar-refractivity contribution in [3.63, 3.8) is 0 Å². The molecule has 0 saturated heterocycles. The molecular formula is C27H26N2O2S. The highest BCUT2D eigenvalue weighted by atomic mass is 32.1. The first-order valence-corrected chi connectivity index (χ1v) is 11.8. The topological polar surface area (TPSA) is 51.2 Å². The predicted molar refractivity (Wildman–Crippen MR) is 132 cm³/mol. The minimum atomic E-state index is -0.150. The van der Waals surface area contributed by atoms with E-state index in [2.05, 4.69) is 24.4 Å². The third-order valence-electron chi connectivity index (χ3n) is 5.07. The number of aromatic nitrogens is 1. The summed E-state index contributed by atoms with van der Waals surface area (Å²) in [5.41, 5.74) is 4.30. The summed E-state index contributed by atoms with van der Waals surface area (Å²) in [7, 11) is 0. The number of nitrogens with one attached hydrogen (secondary N) is 1. The molecule has 1 N–H and O–H groups in total. The Labute approximate surface area is 192 Å². The zero-order chi connectivity index (χ0) is 22.2. The summed E-state index contributed by atoms with van der Waals surface area (Å²) in [6, 6.07) is 25.2. The normalized spacial score (nSPS) is 10.7. The van der Waals surface area contributed by atoms with Gasteiger partial charge in [-0.05, 0) is 42.8 Å². The third-order valence-corrected chi connectivity index (χ3v) is 5.97. The largest absolute Gasteiger partial charge is 0.494 e. The van der Waals surface area contributed by atoms with E-state index in [0.29, 0.717) is 12.2 Å². The Bertz CT molecular complexity index is 1150. The van der Waals surface area contributed by atoms with Crippen molar-refractivity contribution in [2.75, 3.05) is 11.9 Å². The quantitative estimate of drug-likeness (QED) is 0.277. The molecule has 4 aromatic rings. The lowest BCUT2D eigenvalue weighted by Gasteiger charge is -2.09. The van der Waals surface area contributed by atoms with Crippen LogP contribution >= 0.6 is 11.3 Å². The Hall–Kier alpha value is -3.44. The predicted octanol–water partition coefficient (Wildman–Crippen LogP) is 7.30. The molecule has 4 nitrogen and oxygen atoms in total. The van der Waals surface area contributed by atoms with Gasteiger partial charge in [0.25, 0.3) is 5.91 Å². The average Bonchev–Trinajstić information content (AvgIpc) is 3.34. The highest BCUT2D eigenvalue weighted by Crippen LogP contribution is 2.30. The molecule has 1 aromatic heterocycles. The fraction of sp³-hybridized carbons (Fsp3) is 0.185. The van der Waals surface area contributed by atoms with Crippen LogP contribution in [0.1, 0.15) is 36.5 Å². The van der Waals surface area contributed by atoms with Crippen LogP contribution in [-0.2, 0) is 0 Å². The van der Waals surface area contributed by atoms with Gasteiger partial charge < -0.3 is 10.1 Å². The molecule has 3 aromatic carbocycles. The van der Waals surface area contributed by atoms with E-state index in [0.717, 1.165) is 46.1 Å². The summed E-state index contributed by atoms with van der Waals surface area (Å²) < 4.78 is 5.72. The molecule has 0 atom stereocenters. The molecule has 162 valence electrons. The molecule has 1 heterocycles. The summed E-state index contributed by atoms with van der Waals surface area (Å²) in [6.07, 6.45) is 3.37. The van der Waals surface area contributed by atoms with E-state index in [1.165, 1.54) is 6.42 Å². The number of nitrogens with zero attached hydrogens (tertiary/aromatic N) is 1. The van der Waals surface area contributed by atoms with Gasteiger partial charge in [0.2, 0.25) is 0 Å². The maximum Gasteiger partial charge on any atom is 0.255 e. The van der Waals surface area contributed by atoms with Gasteiger partial charge in [-0.1, -0.05) is 62.2 Å². The Kier molecular flexibility index (Phi) is 7.31. The van der Waals surface area contributed by atoms with Crippen molar-refractivity contribution in [3.05, 3.63) is 89.8 Å². The molecule has 1 amide bonds. The molecule has 0 aliphatic carbocycles. The van der Waals surface area contributed by atoms with Crippen molar-refractivity contribution in [1.29, 1.82) is 0 Å². The smallest absolute Gasteiger partial charge is 0.255 e. The zero-order valence-electron chi connectivity index (χ0n) is 18.1. The van der Waals surface area contributed by atoms with Crippen molar-refractivity contribution < 1.29 is 9.53 Å². The van der Waals surface area contributed by atoms with Crippen molar-refractivity contribution in [1.82, 2.24) is 4.98 Å². The second kappa shape index (κ2) is 10.7. The van der Waals surface area contributed by atoms with E-state index in [9.17, 15) is 4.79 Å². The van der Waals surface area contributed by atoms with Crippen molar-refractivity contribution in [2.24, 2.45) is 0 Å². The maximum absolute atomic E-state index is 12.7. The molecule has 0 fully saturated rings. The highest BCUT2D eigenvalue weighted by Gasteiger charge is 2.10. The van der Waals surface area contributed by atoms with E-state index >= 15 is 0 Å². The van der Waals surface area contributed by atoms with Crippen LogP contribution in [0.3, 0.4) is 0 Å². The van der Waals surface area contributed by atoms with Gasteiger partial charge in [0.15, 0.2) is 0 Å². The SMILES string of the molecule is CCCCCOc1ccc(C(=O)Nc2cccc(-c3csc(-c4ccccc4)n3)c2)cc1. The average molecular weight is 443 g/mol. The van der Waals surface area contributed by atoms with Crippen LogP contribution in [0.2, 0.25) is 0 Å². The molecule has 4 rings (SSSR count). The first kappa shape index (κ1) is 21.8. The van der Waals surface area contributed by atoms with E-state index in [-0.39, 0.29) is 5.91 Å². The van der Waals surface area contributed by atoms with Crippen LogP contribution in [0, 0.1) is 0 Å². The van der Waals surface area contributed by atoms with Crippen LogP contribution < -0.4 is 10.1 Å². The Morgan fingerprint density at radius 3 is 2.50 bits per heavy atom. The highest BCUT2D eigenvalue weighted by molar-refractivity contribution is 7.13. The van der Waals surface area contributed by atoms with E-state index < -0.39 is 0 Å². The Balaban J connectivity index is 1.41. The number of ether oxygens (including phenoxy) is 1. The number of unbranched alkanes of at least 4 members (excludes halogenated alkanes) is 2. The van der Waals surface area contributed by atoms with Gasteiger partial charge >= 0.3 is 0 Å². The van der Waals surface area contributed by atoms with Gasteiger partial charge in [0.05, 0.1) is 12.3 Å². The molecule has 0 spiro atoms. The molecule has 0 bridgehead atoms. The molecular weight excluding hydrogens is 416 g/mol. The monoisotopic (exact) mass is 442 g/mol. The van der Waals surface area contributed by atoms with Gasteiger partial charge in [-0.3, -0.25) is 4.79 Å². The van der Waals surface area contributed by atoms with E-state index in [1.54, 1.807) is 23.5 Å². The molecule has 0 aliphatic heterocycles. The number of benzene rings is 3. The summed E-state index contributed by atoms with van der Waals surface area (Å²) in [5.74, 6) is 0.639. The van der Waals surface area contributed by atoms with Gasteiger partial charge in [-0.25, -0.2) is 4.98 Å². The second-order valence-corrected chi connectivity index (χ2v) is 8.38. The van der Waals surface area contributed by atoms with E-state index in [4.69, 9.17) is 9.72 Å². The molecule has 32 heavy (non-hydrogen) atoms. The first-order valence-electron chi connectivity index (χ1n) is 10.9. The maximum atomic E-state index is 12.7. The number of rotatable bonds is 9. The molecule has 0 aliphatic rings. The van der Waals surface area contributed by atoms with Crippen molar-refractivity contribution in [2.45, 2.75) is 26.2 Å². The molecule has 0 unspecified atom stereocenters. The number of hydrogen-bond acceptors (Lipinski definition) is 4. The molecule has 0 radical (unpaired) electrons. The second-order valence-electron chi connectivity index (χ2n) is 7.52. The number of amides is 1. The zero-order valence-corrected chi connectivity index (χ0v) is 18.9. The number of thiazole rings is 1. The molecule has 0 saturated carbocycles. The van der Waals surface area contributed by atoms with Crippen LogP contribution in [-0.4, -0.2) is 17.5 Å². The van der Waals surface area contributed by atoms with Crippen LogP contribution in [0.15, 0.2) is 84.2 Å². The number of anilines is 1. The van der Waals surface area contributed by atoms with Gasteiger partial charge in [0, 0.05) is 27.8 Å². The van der Waals surface area contributed by atoms with Gasteiger partial charge in [0.1, 0.15) is 10.8 Å². The van der Waals surface area contributed by atoms with Gasteiger partial charge in [-0.2, -0.15) is 0 Å². The third kappa shape index (κ3) is 5.62. The van der Waals surface area contributed by atoms with Gasteiger partial charge in [-0.15, -0.1) is 11.3 Å². The lowest BCUT2D eigenvalue weighted by molar-refractivity contribution is 0.102. The van der Waals surface area contributed by atoms with Crippen LogP contribution in [0.25, 0.3) is 21.8 Å². The lowest BCUT2D eigenvalue weighted by atomic mass is 10.1. The van der Waals surface area contributed by atoms with E-state index in [1.807, 2.05) is 60.0 Å². The summed E-state index contributed by atoms with van der Waals surface area (Å²) in [4.78, 5) is 17.5. The summed E-state index contributed by atoms with van der Waals surface area (Å²) >= 11 is 1.61. The van der Waals surface area contributed by atoms with Crippen molar-refractivity contribution >= 4 is 22.9 Å². The number of carbonyl (C=O) groups excluding carboxylic acids is 1. The first-order chi connectivity index (χ1) is 15.7. The molecule has 5 heteroatoms. The lowest BCUT2D eigenvalue weighted by Crippen LogP contribution is -2.11. The standard InChI is InChI=1S/C27H26N2O2S/c1-2-3-7-17-31-24-15-13-20(14-16-24)26(30)28-23-12-8-11-22(18-23)25-19-32-27(29-25)21-9-5-4-6-10-21/h4-6,8-16,18-19H,2-3,7,17H2,1H3,(H,28,30). The number of carbonyl (C=O) groups is 1. The summed E-state index contributed by atoms with van der Waals surface area (Å²) in [5, 5.41) is 6.00. The van der Waals surface area contributed by atoms with Crippen LogP contribution in [0.5, 0.6) is 5.75 Å². The summed E-state index contributed by atoms with van der Waals surface area (Å²) in [6.45, 7) is 2.87. The fourth-order valence-electron chi connectivity index (χ4n) is 3.32. The number of hydrogen-bond donors (Lipinski definition) is 1.